The molecule has 1 aromatic heterocycles. The second-order valence-corrected chi connectivity index (χ2v) is 9.47. The number of hydrogen-bond donors (Lipinski definition) is 1. The van der Waals surface area contributed by atoms with Gasteiger partial charge in [0.25, 0.3) is 10.0 Å². The van der Waals surface area contributed by atoms with Crippen molar-refractivity contribution >= 4 is 27.3 Å². The normalized spacial score (nSPS) is 19.8. The highest BCUT2D eigenvalue weighted by molar-refractivity contribution is 7.91. The van der Waals surface area contributed by atoms with Gasteiger partial charge in [0.15, 0.2) is 11.5 Å². The van der Waals surface area contributed by atoms with Gasteiger partial charge in [-0.25, -0.2) is 8.42 Å². The molecule has 3 heterocycles. The lowest BCUT2D eigenvalue weighted by molar-refractivity contribution is -0.124. The van der Waals surface area contributed by atoms with Crippen LogP contribution >= 0.6 is 11.3 Å². The molecular formula is C18H20N2O5S2. The monoisotopic (exact) mass is 408 g/mol. The number of benzene rings is 1. The first kappa shape index (κ1) is 18.3. The van der Waals surface area contributed by atoms with Crippen LogP contribution in [-0.2, 0) is 21.4 Å². The van der Waals surface area contributed by atoms with Crippen molar-refractivity contribution in [3.8, 4) is 11.5 Å². The molecule has 27 heavy (non-hydrogen) atoms. The third-order valence-electron chi connectivity index (χ3n) is 4.64. The number of nitrogens with one attached hydrogen (secondary N) is 1. The van der Waals surface area contributed by atoms with E-state index in [0.717, 1.165) is 5.56 Å². The fourth-order valence-electron chi connectivity index (χ4n) is 3.32. The Morgan fingerprint density at radius 3 is 2.81 bits per heavy atom. The van der Waals surface area contributed by atoms with Crippen LogP contribution in [0.25, 0.3) is 0 Å². The smallest absolute Gasteiger partial charge is 0.253 e. The van der Waals surface area contributed by atoms with Crippen LogP contribution in [0.1, 0.15) is 18.4 Å². The lowest BCUT2D eigenvalue weighted by atomic mass is 10.1. The van der Waals surface area contributed by atoms with Crippen molar-refractivity contribution in [3.05, 3.63) is 41.3 Å². The van der Waals surface area contributed by atoms with E-state index < -0.39 is 16.1 Å². The summed E-state index contributed by atoms with van der Waals surface area (Å²) < 4.78 is 38.2. The van der Waals surface area contributed by atoms with Crippen LogP contribution in [0, 0.1) is 0 Å². The zero-order valence-electron chi connectivity index (χ0n) is 14.6. The number of fused-ring (bicyclic) bond motifs is 1. The molecule has 1 amide bonds. The molecule has 1 fully saturated rings. The van der Waals surface area contributed by atoms with Crippen molar-refractivity contribution < 1.29 is 22.7 Å². The molecule has 2 aliphatic rings. The van der Waals surface area contributed by atoms with Crippen molar-refractivity contribution in [2.24, 2.45) is 0 Å². The number of amides is 1. The largest absolute Gasteiger partial charge is 0.486 e. The molecule has 1 atom stereocenters. The Kier molecular flexibility index (Phi) is 5.07. The molecular weight excluding hydrogens is 388 g/mol. The second-order valence-electron chi connectivity index (χ2n) is 6.40. The third-order valence-corrected chi connectivity index (χ3v) is 7.92. The summed E-state index contributed by atoms with van der Waals surface area (Å²) in [4.78, 5) is 12.7. The topological polar surface area (TPSA) is 84.9 Å². The van der Waals surface area contributed by atoms with Crippen molar-refractivity contribution in [2.75, 3.05) is 19.8 Å². The summed E-state index contributed by atoms with van der Waals surface area (Å²) in [6.45, 7) is 1.70. The molecule has 0 saturated carbocycles. The van der Waals surface area contributed by atoms with Crippen LogP contribution in [0.2, 0.25) is 0 Å². The van der Waals surface area contributed by atoms with E-state index in [4.69, 9.17) is 9.47 Å². The summed E-state index contributed by atoms with van der Waals surface area (Å²) in [5.74, 6) is 1.08. The first-order valence-corrected chi connectivity index (χ1v) is 11.1. The lowest BCUT2D eigenvalue weighted by Crippen LogP contribution is -2.45. The van der Waals surface area contributed by atoms with E-state index in [2.05, 4.69) is 5.32 Å². The molecule has 7 nitrogen and oxygen atoms in total. The maximum Gasteiger partial charge on any atom is 0.253 e. The second kappa shape index (κ2) is 7.49. The van der Waals surface area contributed by atoms with Gasteiger partial charge in [-0.15, -0.1) is 11.3 Å². The standard InChI is InChI=1S/C18H20N2O5S2/c21-18(19-12-13-5-6-15-16(11-13)25-9-8-24-15)14-3-1-7-20(14)27(22,23)17-4-2-10-26-17/h2,4-6,10-11,14H,1,3,7-9,12H2,(H,19,21)/t14-/m0/s1. The Morgan fingerprint density at radius 2 is 2.04 bits per heavy atom. The zero-order valence-corrected chi connectivity index (χ0v) is 16.2. The Morgan fingerprint density at radius 1 is 1.22 bits per heavy atom. The van der Waals surface area contributed by atoms with Gasteiger partial charge >= 0.3 is 0 Å². The molecule has 2 aromatic rings. The molecule has 1 N–H and O–H groups in total. The minimum absolute atomic E-state index is 0.272. The minimum Gasteiger partial charge on any atom is -0.486 e. The van der Waals surface area contributed by atoms with Crippen LogP contribution in [0.15, 0.2) is 39.9 Å². The average Bonchev–Trinajstić information content (AvgIpc) is 3.38. The summed E-state index contributed by atoms with van der Waals surface area (Å²) in [6, 6.07) is 8.12. The molecule has 144 valence electrons. The van der Waals surface area contributed by atoms with E-state index >= 15 is 0 Å². The van der Waals surface area contributed by atoms with Gasteiger partial charge in [-0.2, -0.15) is 4.31 Å². The highest BCUT2D eigenvalue weighted by Crippen LogP contribution is 2.31. The molecule has 0 radical (unpaired) electrons. The predicted octanol–water partition coefficient (Wildman–Crippen LogP) is 1.99. The van der Waals surface area contributed by atoms with Crippen LogP contribution < -0.4 is 14.8 Å². The Labute approximate surface area is 161 Å². The molecule has 1 aromatic carbocycles. The SMILES string of the molecule is O=C(NCc1ccc2c(c1)OCCO2)[C@@H]1CCCN1S(=O)(=O)c1cccs1. The van der Waals surface area contributed by atoms with Gasteiger partial charge in [-0.3, -0.25) is 4.79 Å². The fraction of sp³-hybridized carbons (Fsp3) is 0.389. The highest BCUT2D eigenvalue weighted by Gasteiger charge is 2.39. The molecule has 0 bridgehead atoms. The number of sulfonamides is 1. The molecule has 4 rings (SSSR count). The fourth-order valence-corrected chi connectivity index (χ4v) is 6.10. The van der Waals surface area contributed by atoms with Gasteiger partial charge in [0, 0.05) is 13.1 Å². The number of hydrogen-bond acceptors (Lipinski definition) is 6. The Balaban J connectivity index is 1.43. The van der Waals surface area contributed by atoms with Crippen molar-refractivity contribution in [3.63, 3.8) is 0 Å². The summed E-state index contributed by atoms with van der Waals surface area (Å²) in [6.07, 6.45) is 1.20. The van der Waals surface area contributed by atoms with Gasteiger partial charge in [0.2, 0.25) is 5.91 Å². The summed E-state index contributed by atoms with van der Waals surface area (Å²) in [7, 11) is -3.63. The van der Waals surface area contributed by atoms with E-state index in [1.807, 2.05) is 18.2 Å². The maximum absolute atomic E-state index is 12.8. The molecule has 9 heteroatoms. The van der Waals surface area contributed by atoms with E-state index in [0.29, 0.717) is 50.6 Å². The molecule has 2 aliphatic heterocycles. The number of nitrogens with zero attached hydrogens (tertiary/aromatic N) is 1. The Bertz CT molecular complexity index is 927. The third kappa shape index (κ3) is 3.67. The van der Waals surface area contributed by atoms with Crippen molar-refractivity contribution in [1.82, 2.24) is 9.62 Å². The maximum atomic E-state index is 12.8. The number of thiophene rings is 1. The minimum atomic E-state index is -3.63. The Hall–Kier alpha value is -2.10. The summed E-state index contributed by atoms with van der Waals surface area (Å²) >= 11 is 1.17. The molecule has 0 unspecified atom stereocenters. The molecule has 0 aliphatic carbocycles. The highest BCUT2D eigenvalue weighted by atomic mass is 32.2. The van der Waals surface area contributed by atoms with Crippen LogP contribution in [0.4, 0.5) is 0 Å². The predicted molar refractivity (Wildman–Crippen MR) is 101 cm³/mol. The van der Waals surface area contributed by atoms with Crippen molar-refractivity contribution in [1.29, 1.82) is 0 Å². The molecule has 1 saturated heterocycles. The lowest BCUT2D eigenvalue weighted by Gasteiger charge is -2.23. The first-order chi connectivity index (χ1) is 13.1. The number of carbonyl (C=O) groups excluding carboxylic acids is 1. The summed E-state index contributed by atoms with van der Waals surface area (Å²) in [5, 5.41) is 4.58. The van der Waals surface area contributed by atoms with Gasteiger partial charge in [0.05, 0.1) is 0 Å². The average molecular weight is 409 g/mol. The van der Waals surface area contributed by atoms with E-state index in [1.165, 1.54) is 15.6 Å². The van der Waals surface area contributed by atoms with Gasteiger partial charge < -0.3 is 14.8 Å². The van der Waals surface area contributed by atoms with E-state index in [1.54, 1.807) is 17.5 Å². The number of rotatable bonds is 5. The van der Waals surface area contributed by atoms with Crippen molar-refractivity contribution in [2.45, 2.75) is 29.6 Å². The van der Waals surface area contributed by atoms with Gasteiger partial charge in [0.1, 0.15) is 23.5 Å². The van der Waals surface area contributed by atoms with E-state index in [-0.39, 0.29) is 10.1 Å². The zero-order chi connectivity index (χ0) is 18.9. The van der Waals surface area contributed by atoms with Crippen LogP contribution in [-0.4, -0.2) is 44.4 Å². The quantitative estimate of drug-likeness (QED) is 0.818. The van der Waals surface area contributed by atoms with Crippen LogP contribution in [0.3, 0.4) is 0 Å². The number of ether oxygens (including phenoxy) is 2. The molecule has 0 spiro atoms. The number of carbonyl (C=O) groups is 1. The first-order valence-electron chi connectivity index (χ1n) is 8.77. The van der Waals surface area contributed by atoms with E-state index in [9.17, 15) is 13.2 Å². The van der Waals surface area contributed by atoms with Gasteiger partial charge in [-0.05, 0) is 42.0 Å². The summed E-state index contributed by atoms with van der Waals surface area (Å²) in [5.41, 5.74) is 0.873. The van der Waals surface area contributed by atoms with Crippen LogP contribution in [0.5, 0.6) is 11.5 Å². The van der Waals surface area contributed by atoms with Gasteiger partial charge in [-0.1, -0.05) is 12.1 Å².